The number of unbranched alkanes of at least 4 members (excludes halogenated alkanes) is 1. The van der Waals surface area contributed by atoms with E-state index in [1.807, 2.05) is 20.8 Å². The van der Waals surface area contributed by atoms with Crippen LogP contribution in [0, 0.1) is 11.8 Å². The minimum Gasteiger partial charge on any atom is -0.453 e. The zero-order valence-corrected chi connectivity index (χ0v) is 28.2. The highest BCUT2D eigenvalue weighted by Gasteiger charge is 2.27. The smallest absolute Gasteiger partial charge is 0.411 e. The van der Waals surface area contributed by atoms with E-state index in [-0.39, 0.29) is 34.4 Å². The zero-order chi connectivity index (χ0) is 34.1. The normalized spacial score (nSPS) is 18.9. The van der Waals surface area contributed by atoms with Gasteiger partial charge in [0.05, 0.1) is 41.5 Å². The van der Waals surface area contributed by atoms with E-state index in [0.29, 0.717) is 72.6 Å². The number of aromatic nitrogens is 2. The molecule has 2 aromatic rings. The van der Waals surface area contributed by atoms with E-state index >= 15 is 4.39 Å². The van der Waals surface area contributed by atoms with Crippen molar-refractivity contribution in [3.05, 3.63) is 64.6 Å². The fourth-order valence-electron chi connectivity index (χ4n) is 5.41. The molecule has 2 heterocycles. The van der Waals surface area contributed by atoms with E-state index in [4.69, 9.17) is 16.3 Å². The molecule has 47 heavy (non-hydrogen) atoms. The second kappa shape index (κ2) is 16.4. The van der Waals surface area contributed by atoms with Gasteiger partial charge >= 0.3 is 6.09 Å². The van der Waals surface area contributed by atoms with Crippen LogP contribution >= 0.6 is 11.6 Å². The predicted octanol–water partition coefficient (Wildman–Crippen LogP) is 7.90. The number of anilines is 2. The monoisotopic (exact) mass is 667 g/mol. The van der Waals surface area contributed by atoms with Gasteiger partial charge in [-0.05, 0) is 63.1 Å². The van der Waals surface area contributed by atoms with Gasteiger partial charge in [-0.1, -0.05) is 51.3 Å². The molecule has 0 saturated heterocycles. The maximum atomic E-state index is 15.0. The SMILES string of the molecule is CCC/C=N/N(/C=C(\C)C(=O)N[C@H]1CCCC(C(C)C)C(=O)Nc2cc(NC(=O)OC)ccc2-c2cnc1[nH]2)C1=CCCC(Cl)=C1F. The summed E-state index contributed by atoms with van der Waals surface area (Å²) in [5, 5.41) is 14.7. The number of hydrogen-bond acceptors (Lipinski definition) is 7. The Kier molecular flexibility index (Phi) is 12.4. The number of allylic oxidation sites excluding steroid dienone is 3. The third-order valence-electron chi connectivity index (χ3n) is 8.09. The summed E-state index contributed by atoms with van der Waals surface area (Å²) in [6.07, 6.45) is 10.2. The Balaban J connectivity index is 1.66. The van der Waals surface area contributed by atoms with Gasteiger partial charge in [-0.2, -0.15) is 5.10 Å². The van der Waals surface area contributed by atoms with Gasteiger partial charge in [-0.25, -0.2) is 19.2 Å². The molecule has 1 aromatic heterocycles. The molecule has 1 aliphatic carbocycles. The lowest BCUT2D eigenvalue weighted by Gasteiger charge is -2.24. The number of carbonyl (C=O) groups excluding carboxylic acids is 3. The fourth-order valence-corrected chi connectivity index (χ4v) is 5.62. The lowest BCUT2D eigenvalue weighted by Crippen LogP contribution is -2.31. The van der Waals surface area contributed by atoms with Crippen LogP contribution in [0.15, 0.2) is 63.9 Å². The molecule has 4 rings (SSSR count). The zero-order valence-electron chi connectivity index (χ0n) is 27.5. The van der Waals surface area contributed by atoms with E-state index in [1.54, 1.807) is 43.6 Å². The molecule has 1 aliphatic heterocycles. The number of methoxy groups -OCH3 is 1. The van der Waals surface area contributed by atoms with Crippen molar-refractivity contribution in [2.45, 2.75) is 78.7 Å². The lowest BCUT2D eigenvalue weighted by molar-refractivity contribution is -0.121. The molecule has 2 aliphatic rings. The molecule has 3 amide bonds. The molecule has 4 N–H and O–H groups in total. The number of carbonyl (C=O) groups is 3. The third kappa shape index (κ3) is 9.09. The summed E-state index contributed by atoms with van der Waals surface area (Å²) in [7, 11) is 1.27. The lowest BCUT2D eigenvalue weighted by atomic mass is 9.88. The third-order valence-corrected chi connectivity index (χ3v) is 8.44. The first-order valence-electron chi connectivity index (χ1n) is 15.9. The highest BCUT2D eigenvalue weighted by molar-refractivity contribution is 6.30. The number of imidazole rings is 1. The number of hydrogen-bond donors (Lipinski definition) is 4. The summed E-state index contributed by atoms with van der Waals surface area (Å²) in [6, 6.07) is 4.63. The first-order chi connectivity index (χ1) is 22.5. The van der Waals surface area contributed by atoms with Crippen LogP contribution in [0.1, 0.15) is 84.5 Å². The fraction of sp³-hybridized carbons (Fsp3) is 0.441. The second-order valence-corrected chi connectivity index (χ2v) is 12.4. The van der Waals surface area contributed by atoms with Crippen LogP contribution in [-0.2, 0) is 14.3 Å². The Morgan fingerprint density at radius 3 is 2.81 bits per heavy atom. The molecule has 11 nitrogen and oxygen atoms in total. The molecule has 1 unspecified atom stereocenters. The van der Waals surface area contributed by atoms with Crippen molar-refractivity contribution >= 4 is 47.1 Å². The van der Waals surface area contributed by atoms with Crippen LogP contribution in [0.5, 0.6) is 0 Å². The number of hydrazone groups is 1. The number of nitrogens with one attached hydrogen (secondary N) is 4. The molecule has 0 saturated carbocycles. The van der Waals surface area contributed by atoms with Crippen LogP contribution in [0.3, 0.4) is 0 Å². The molecule has 0 fully saturated rings. The van der Waals surface area contributed by atoms with E-state index in [1.165, 1.54) is 18.3 Å². The number of ether oxygens (including phenoxy) is 1. The molecular formula is C34H43ClFN7O4. The molecule has 1 aromatic carbocycles. The Hall–Kier alpha value is -4.45. The number of amides is 3. The van der Waals surface area contributed by atoms with Gasteiger partial charge in [0, 0.05) is 35.2 Å². The number of nitrogens with zero attached hydrogens (tertiary/aromatic N) is 3. The molecule has 0 radical (unpaired) electrons. The van der Waals surface area contributed by atoms with Gasteiger partial charge in [0.25, 0.3) is 0 Å². The number of benzene rings is 1. The number of rotatable bonds is 9. The first kappa shape index (κ1) is 35.4. The van der Waals surface area contributed by atoms with Crippen LogP contribution in [0.2, 0.25) is 0 Å². The van der Waals surface area contributed by atoms with Crippen molar-refractivity contribution in [1.82, 2.24) is 20.3 Å². The molecule has 2 atom stereocenters. The standard InChI is InChI=1S/C34H43ClFN7O4/c1-6-7-16-38-43(29-13-9-11-25(35)30(29)36)19-21(4)32(44)41-26-12-8-10-23(20(2)3)33(45)42-27-17-22(39-34(46)47-5)14-15-24(27)28-18-37-31(26)40-28/h13-20,23,26H,6-12H2,1-5H3,(H,37,40)(H,39,46)(H,41,44)(H,42,45)/b21-19+,38-16+/t23?,26-/m0/s1. The van der Waals surface area contributed by atoms with Crippen LogP contribution < -0.4 is 16.0 Å². The van der Waals surface area contributed by atoms with E-state index in [0.717, 1.165) is 6.42 Å². The molecule has 2 bridgehead atoms. The summed E-state index contributed by atoms with van der Waals surface area (Å²) < 4.78 is 19.7. The van der Waals surface area contributed by atoms with Gasteiger partial charge < -0.3 is 20.4 Å². The molecular weight excluding hydrogens is 625 g/mol. The Morgan fingerprint density at radius 1 is 1.30 bits per heavy atom. The van der Waals surface area contributed by atoms with Crippen molar-refractivity contribution in [1.29, 1.82) is 0 Å². The molecule has 13 heteroatoms. The Bertz CT molecular complexity index is 1600. The number of fused-ring (bicyclic) bond motifs is 4. The van der Waals surface area contributed by atoms with E-state index in [9.17, 15) is 14.4 Å². The Labute approximate surface area is 279 Å². The quantitative estimate of drug-likeness (QED) is 0.122. The van der Waals surface area contributed by atoms with Gasteiger partial charge in [-0.15, -0.1) is 0 Å². The van der Waals surface area contributed by atoms with Gasteiger partial charge in [0.1, 0.15) is 5.82 Å². The highest BCUT2D eigenvalue weighted by Crippen LogP contribution is 2.34. The average molecular weight is 668 g/mol. The summed E-state index contributed by atoms with van der Waals surface area (Å²) in [5.74, 6) is -0.773. The van der Waals surface area contributed by atoms with Crippen molar-refractivity contribution in [2.75, 3.05) is 17.7 Å². The number of halogens is 2. The van der Waals surface area contributed by atoms with Gasteiger partial charge in [-0.3, -0.25) is 14.9 Å². The largest absolute Gasteiger partial charge is 0.453 e. The molecule has 0 spiro atoms. The summed E-state index contributed by atoms with van der Waals surface area (Å²) >= 11 is 6.12. The second-order valence-electron chi connectivity index (χ2n) is 11.9. The van der Waals surface area contributed by atoms with Crippen LogP contribution in [0.25, 0.3) is 11.3 Å². The van der Waals surface area contributed by atoms with E-state index in [2.05, 4.69) is 31.0 Å². The van der Waals surface area contributed by atoms with Crippen molar-refractivity contribution in [2.24, 2.45) is 16.9 Å². The summed E-state index contributed by atoms with van der Waals surface area (Å²) in [6.45, 7) is 7.65. The van der Waals surface area contributed by atoms with Gasteiger partial charge in [0.2, 0.25) is 11.8 Å². The average Bonchev–Trinajstić information content (AvgIpc) is 3.52. The van der Waals surface area contributed by atoms with Gasteiger partial charge in [0.15, 0.2) is 5.83 Å². The maximum Gasteiger partial charge on any atom is 0.411 e. The minimum atomic E-state index is -0.631. The minimum absolute atomic E-state index is 0.0543. The van der Waals surface area contributed by atoms with E-state index < -0.39 is 18.0 Å². The molecule has 252 valence electrons. The van der Waals surface area contributed by atoms with Crippen molar-refractivity contribution in [3.63, 3.8) is 0 Å². The highest BCUT2D eigenvalue weighted by atomic mass is 35.5. The topological polar surface area (TPSA) is 141 Å². The summed E-state index contributed by atoms with van der Waals surface area (Å²) in [4.78, 5) is 46.9. The predicted molar refractivity (Wildman–Crippen MR) is 182 cm³/mol. The number of H-pyrrole nitrogens is 1. The van der Waals surface area contributed by atoms with Crippen molar-refractivity contribution in [3.8, 4) is 11.3 Å². The maximum absolute atomic E-state index is 15.0. The van der Waals surface area contributed by atoms with Crippen LogP contribution in [0.4, 0.5) is 20.6 Å². The first-order valence-corrected chi connectivity index (χ1v) is 16.3. The van der Waals surface area contributed by atoms with Crippen LogP contribution in [-0.4, -0.2) is 46.2 Å². The summed E-state index contributed by atoms with van der Waals surface area (Å²) in [5.41, 5.74) is 2.73. The number of aromatic amines is 1. The Morgan fingerprint density at radius 2 is 2.09 bits per heavy atom. The van der Waals surface area contributed by atoms with Crippen molar-refractivity contribution < 1.29 is 23.5 Å².